The molecule has 1 aliphatic rings. The first-order chi connectivity index (χ1) is 7.77. The molecule has 0 saturated carbocycles. The lowest BCUT2D eigenvalue weighted by molar-refractivity contribution is 0.0943. The molecule has 2 rings (SSSR count). The Kier molecular flexibility index (Phi) is 5.51. The Morgan fingerprint density at radius 3 is 3.06 bits per heavy atom. The Bertz CT molecular complexity index is 358. The van der Waals surface area contributed by atoms with E-state index in [0.29, 0.717) is 0 Å². The number of aryl methyl sites for hydroxylation is 1. The van der Waals surface area contributed by atoms with Gasteiger partial charge in [-0.15, -0.1) is 12.4 Å². The molecule has 2 heterocycles. The quantitative estimate of drug-likeness (QED) is 0.851. The van der Waals surface area contributed by atoms with Crippen molar-refractivity contribution in [1.29, 1.82) is 0 Å². The van der Waals surface area contributed by atoms with Crippen LogP contribution in [0.5, 0.6) is 0 Å². The Hall–Kier alpha value is -1.00. The lowest BCUT2D eigenvalue weighted by Gasteiger charge is -2.09. The fourth-order valence-electron chi connectivity index (χ4n) is 2.14. The van der Waals surface area contributed by atoms with Crippen LogP contribution < -0.4 is 10.6 Å². The van der Waals surface area contributed by atoms with E-state index in [1.54, 1.807) is 0 Å². The summed E-state index contributed by atoms with van der Waals surface area (Å²) in [6.45, 7) is 2.99. The molecule has 1 amide bonds. The number of rotatable bonds is 4. The summed E-state index contributed by atoms with van der Waals surface area (Å²) in [6.07, 6.45) is 4.19. The summed E-state index contributed by atoms with van der Waals surface area (Å²) >= 11 is 0. The van der Waals surface area contributed by atoms with Gasteiger partial charge in [0.05, 0.1) is 0 Å². The molecule has 0 spiro atoms. The van der Waals surface area contributed by atoms with Crippen LogP contribution in [0.2, 0.25) is 0 Å². The monoisotopic (exact) mass is 257 g/mol. The summed E-state index contributed by atoms with van der Waals surface area (Å²) in [5.74, 6) is 0.757. The first kappa shape index (κ1) is 14.1. The zero-order valence-corrected chi connectivity index (χ0v) is 10.9. The van der Waals surface area contributed by atoms with Crippen molar-refractivity contribution in [3.63, 3.8) is 0 Å². The van der Waals surface area contributed by atoms with Crippen molar-refractivity contribution < 1.29 is 4.79 Å². The average molecular weight is 258 g/mol. The number of hydrogen-bond donors (Lipinski definition) is 2. The second-order valence-electron chi connectivity index (χ2n) is 4.41. The summed E-state index contributed by atoms with van der Waals surface area (Å²) in [6, 6.07) is 3.72. The highest BCUT2D eigenvalue weighted by molar-refractivity contribution is 5.92. The third-order valence-electron chi connectivity index (χ3n) is 3.18. The molecule has 1 unspecified atom stereocenters. The van der Waals surface area contributed by atoms with Crippen LogP contribution in [-0.4, -0.2) is 30.1 Å². The molecule has 1 saturated heterocycles. The lowest BCUT2D eigenvalue weighted by Crippen LogP contribution is -2.27. The summed E-state index contributed by atoms with van der Waals surface area (Å²) in [4.78, 5) is 11.8. The molecule has 5 heteroatoms. The van der Waals surface area contributed by atoms with Crippen molar-refractivity contribution in [2.45, 2.75) is 12.8 Å². The standard InChI is InChI=1S/C12H19N3O.ClH/c1-15-8-2-3-11(15)12(16)14-7-5-10-4-6-13-9-10;/h2-3,8,10,13H,4-7,9H2,1H3,(H,14,16);1H. The van der Waals surface area contributed by atoms with Gasteiger partial charge in [0.25, 0.3) is 5.91 Å². The third kappa shape index (κ3) is 3.75. The summed E-state index contributed by atoms with van der Waals surface area (Å²) in [5.41, 5.74) is 0.726. The molecule has 1 aromatic rings. The molecule has 0 aromatic carbocycles. The first-order valence-corrected chi connectivity index (χ1v) is 5.87. The van der Waals surface area contributed by atoms with Gasteiger partial charge in [-0.05, 0) is 44.0 Å². The molecule has 0 radical (unpaired) electrons. The molecule has 96 valence electrons. The van der Waals surface area contributed by atoms with Gasteiger partial charge in [0.2, 0.25) is 0 Å². The molecule has 0 aliphatic carbocycles. The van der Waals surface area contributed by atoms with E-state index < -0.39 is 0 Å². The Balaban J connectivity index is 0.00000144. The third-order valence-corrected chi connectivity index (χ3v) is 3.18. The van der Waals surface area contributed by atoms with Crippen LogP contribution in [0.15, 0.2) is 18.3 Å². The predicted molar refractivity (Wildman–Crippen MR) is 70.6 cm³/mol. The number of nitrogens with zero attached hydrogens (tertiary/aromatic N) is 1. The Morgan fingerprint density at radius 2 is 2.47 bits per heavy atom. The fraction of sp³-hybridized carbons (Fsp3) is 0.583. The van der Waals surface area contributed by atoms with Gasteiger partial charge in [0, 0.05) is 19.8 Å². The minimum absolute atomic E-state index is 0. The maximum atomic E-state index is 11.8. The smallest absolute Gasteiger partial charge is 0.267 e. The number of carbonyl (C=O) groups excluding carboxylic acids is 1. The van der Waals surface area contributed by atoms with Crippen molar-refractivity contribution in [2.24, 2.45) is 13.0 Å². The van der Waals surface area contributed by atoms with Crippen molar-refractivity contribution in [2.75, 3.05) is 19.6 Å². The number of carbonyl (C=O) groups is 1. The van der Waals surface area contributed by atoms with Crippen molar-refractivity contribution >= 4 is 18.3 Å². The molecule has 17 heavy (non-hydrogen) atoms. The lowest BCUT2D eigenvalue weighted by atomic mass is 10.1. The number of amides is 1. The van der Waals surface area contributed by atoms with Crippen LogP contribution in [0.1, 0.15) is 23.3 Å². The maximum Gasteiger partial charge on any atom is 0.267 e. The largest absolute Gasteiger partial charge is 0.351 e. The Morgan fingerprint density at radius 1 is 1.65 bits per heavy atom. The van der Waals surface area contributed by atoms with Crippen LogP contribution in [0.25, 0.3) is 0 Å². The van der Waals surface area contributed by atoms with E-state index in [9.17, 15) is 4.79 Å². The van der Waals surface area contributed by atoms with E-state index in [-0.39, 0.29) is 18.3 Å². The molecular weight excluding hydrogens is 238 g/mol. The van der Waals surface area contributed by atoms with Gasteiger partial charge in [-0.3, -0.25) is 4.79 Å². The number of hydrogen-bond acceptors (Lipinski definition) is 2. The van der Waals surface area contributed by atoms with Crippen LogP contribution in [0.4, 0.5) is 0 Å². The van der Waals surface area contributed by atoms with E-state index in [0.717, 1.165) is 37.7 Å². The van der Waals surface area contributed by atoms with Gasteiger partial charge in [-0.1, -0.05) is 0 Å². The Labute approximate surface area is 108 Å². The highest BCUT2D eigenvalue weighted by Crippen LogP contribution is 2.10. The second kappa shape index (κ2) is 6.67. The van der Waals surface area contributed by atoms with Crippen molar-refractivity contribution in [1.82, 2.24) is 15.2 Å². The summed E-state index contributed by atoms with van der Waals surface area (Å²) in [7, 11) is 1.88. The van der Waals surface area contributed by atoms with Gasteiger partial charge in [0.1, 0.15) is 5.69 Å². The van der Waals surface area contributed by atoms with Gasteiger partial charge < -0.3 is 15.2 Å². The predicted octanol–water partition coefficient (Wildman–Crippen LogP) is 1.18. The van der Waals surface area contributed by atoms with Crippen LogP contribution in [0.3, 0.4) is 0 Å². The number of aromatic nitrogens is 1. The normalized spacial score (nSPS) is 18.8. The van der Waals surface area contributed by atoms with Gasteiger partial charge in [-0.2, -0.15) is 0 Å². The first-order valence-electron chi connectivity index (χ1n) is 5.87. The minimum Gasteiger partial charge on any atom is -0.351 e. The fourth-order valence-corrected chi connectivity index (χ4v) is 2.14. The molecule has 2 N–H and O–H groups in total. The molecular formula is C12H20ClN3O. The second-order valence-corrected chi connectivity index (χ2v) is 4.41. The topological polar surface area (TPSA) is 46.1 Å². The zero-order chi connectivity index (χ0) is 11.4. The van der Waals surface area contributed by atoms with Crippen LogP contribution in [0, 0.1) is 5.92 Å². The summed E-state index contributed by atoms with van der Waals surface area (Å²) in [5, 5.41) is 6.30. The van der Waals surface area contributed by atoms with Crippen molar-refractivity contribution in [3.05, 3.63) is 24.0 Å². The van der Waals surface area contributed by atoms with Crippen LogP contribution >= 0.6 is 12.4 Å². The zero-order valence-electron chi connectivity index (χ0n) is 10.1. The van der Waals surface area contributed by atoms with E-state index in [1.807, 2.05) is 29.9 Å². The molecule has 1 aliphatic heterocycles. The molecule has 1 atom stereocenters. The minimum atomic E-state index is 0. The average Bonchev–Trinajstić information content (AvgIpc) is 2.88. The number of nitrogens with one attached hydrogen (secondary N) is 2. The van der Waals surface area contributed by atoms with Crippen LogP contribution in [-0.2, 0) is 7.05 Å². The van der Waals surface area contributed by atoms with E-state index in [1.165, 1.54) is 6.42 Å². The van der Waals surface area contributed by atoms with E-state index in [4.69, 9.17) is 0 Å². The molecule has 1 fully saturated rings. The number of halogens is 1. The van der Waals surface area contributed by atoms with Crippen molar-refractivity contribution in [3.8, 4) is 0 Å². The van der Waals surface area contributed by atoms with E-state index >= 15 is 0 Å². The SMILES string of the molecule is Cl.Cn1cccc1C(=O)NCCC1CCNC1. The maximum absolute atomic E-state index is 11.8. The summed E-state index contributed by atoms with van der Waals surface area (Å²) < 4.78 is 1.84. The van der Waals surface area contributed by atoms with Gasteiger partial charge in [-0.25, -0.2) is 0 Å². The van der Waals surface area contributed by atoms with E-state index in [2.05, 4.69) is 10.6 Å². The van der Waals surface area contributed by atoms with Gasteiger partial charge >= 0.3 is 0 Å². The van der Waals surface area contributed by atoms with Gasteiger partial charge in [0.15, 0.2) is 0 Å². The highest BCUT2D eigenvalue weighted by Gasteiger charge is 2.14. The molecule has 1 aromatic heterocycles. The highest BCUT2D eigenvalue weighted by atomic mass is 35.5. The molecule has 0 bridgehead atoms. The molecule has 4 nitrogen and oxygen atoms in total.